The minimum Gasteiger partial charge on any atom is -0.508 e. The Kier molecular flexibility index (Phi) is 9.53. The van der Waals surface area contributed by atoms with Gasteiger partial charge in [0.2, 0.25) is 11.8 Å². The van der Waals surface area contributed by atoms with Crippen LogP contribution >= 0.6 is 11.6 Å². The third kappa shape index (κ3) is 5.80. The van der Waals surface area contributed by atoms with Crippen LogP contribution in [0.1, 0.15) is 51.5 Å². The van der Waals surface area contributed by atoms with Gasteiger partial charge in [0.05, 0.1) is 36.2 Å². The molecule has 0 saturated carbocycles. The summed E-state index contributed by atoms with van der Waals surface area (Å²) in [5.74, 6) is -2.13. The molecule has 2 aliphatic rings. The third-order valence-corrected chi connectivity index (χ3v) is 7.46. The summed E-state index contributed by atoms with van der Waals surface area (Å²) in [5, 5.41) is 31.7. The second-order valence-corrected chi connectivity index (χ2v) is 9.77. The van der Waals surface area contributed by atoms with Crippen LogP contribution in [0.5, 0.6) is 5.75 Å². The van der Waals surface area contributed by atoms with E-state index in [0.29, 0.717) is 42.8 Å². The van der Waals surface area contributed by atoms with E-state index in [-0.39, 0.29) is 30.8 Å². The van der Waals surface area contributed by atoms with E-state index in [4.69, 9.17) is 16.3 Å². The number of hydrogen-bond donors (Lipinski definition) is 3. The quantitative estimate of drug-likeness (QED) is 0.310. The summed E-state index contributed by atoms with van der Waals surface area (Å²) in [6.45, 7) is 4.22. The van der Waals surface area contributed by atoms with Crippen molar-refractivity contribution in [2.24, 2.45) is 17.8 Å². The van der Waals surface area contributed by atoms with Gasteiger partial charge in [-0.05, 0) is 67.0 Å². The van der Waals surface area contributed by atoms with Gasteiger partial charge >= 0.3 is 0 Å². The van der Waals surface area contributed by atoms with Gasteiger partial charge in [-0.3, -0.25) is 14.5 Å². The number of allylic oxidation sites excluding steroid dienone is 1. The maximum atomic E-state index is 13.1. The van der Waals surface area contributed by atoms with E-state index < -0.39 is 23.9 Å². The molecule has 35 heavy (non-hydrogen) atoms. The molecule has 1 heterocycles. The van der Waals surface area contributed by atoms with Crippen molar-refractivity contribution in [2.75, 3.05) is 26.9 Å². The number of carbonyl (C=O) groups is 2. The highest BCUT2D eigenvalue weighted by atomic mass is 35.5. The summed E-state index contributed by atoms with van der Waals surface area (Å²) in [7, 11) is 1.56. The van der Waals surface area contributed by atoms with E-state index in [9.17, 15) is 24.9 Å². The van der Waals surface area contributed by atoms with Gasteiger partial charge in [-0.1, -0.05) is 37.1 Å². The summed E-state index contributed by atoms with van der Waals surface area (Å²) in [6, 6.07) is 4.81. The molecule has 1 saturated heterocycles. The van der Waals surface area contributed by atoms with E-state index in [0.717, 1.165) is 23.1 Å². The fourth-order valence-corrected chi connectivity index (χ4v) is 5.69. The fourth-order valence-electron chi connectivity index (χ4n) is 5.46. The lowest BCUT2D eigenvalue weighted by Gasteiger charge is -2.36. The molecule has 1 fully saturated rings. The first-order chi connectivity index (χ1) is 16.8. The Morgan fingerprint density at radius 3 is 2.63 bits per heavy atom. The van der Waals surface area contributed by atoms with Gasteiger partial charge in [0.25, 0.3) is 0 Å². The molecule has 7 nitrogen and oxygen atoms in total. The number of likely N-dealkylation sites (tertiary alicyclic amines) is 1. The summed E-state index contributed by atoms with van der Waals surface area (Å²) < 4.78 is 5.38. The number of carbonyl (C=O) groups excluding carboxylic acids is 2. The van der Waals surface area contributed by atoms with Crippen molar-refractivity contribution >= 4 is 29.5 Å². The maximum Gasteiger partial charge on any atom is 0.233 e. The lowest BCUT2D eigenvalue weighted by Crippen LogP contribution is -2.39. The van der Waals surface area contributed by atoms with Crippen molar-refractivity contribution in [3.8, 4) is 5.75 Å². The van der Waals surface area contributed by atoms with Crippen molar-refractivity contribution in [2.45, 2.75) is 52.1 Å². The standard InChI is InChI=1S/C27H36ClNO6/c1-4-10-29-26(33)20-12-18(15-35-3)24(21(14-30)25(20)27(29)34)23(32)9-6-16(5-2)11-17-7-8-19(31)13-22(17)28/h7-8,11,13,20-21,23,25,30-32H,4-6,9-10,12,14-15H2,1-3H3/b16-11+/t20-,21+,23-,25-/m1/s1. The number of amides is 2. The zero-order chi connectivity index (χ0) is 25.7. The number of aromatic hydroxyl groups is 1. The number of nitrogens with zero attached hydrogens (tertiary/aromatic N) is 1. The molecule has 2 amide bonds. The van der Waals surface area contributed by atoms with Gasteiger partial charge in [-0.15, -0.1) is 0 Å². The largest absolute Gasteiger partial charge is 0.508 e. The minimum absolute atomic E-state index is 0.0984. The average Bonchev–Trinajstić information content (AvgIpc) is 3.07. The third-order valence-electron chi connectivity index (χ3n) is 7.13. The molecule has 0 aromatic heterocycles. The Hall–Kier alpha value is -2.19. The van der Waals surface area contributed by atoms with Gasteiger partial charge in [0.15, 0.2) is 0 Å². The summed E-state index contributed by atoms with van der Waals surface area (Å²) in [5.41, 5.74) is 3.28. The number of hydrogen-bond acceptors (Lipinski definition) is 6. The number of aliphatic hydroxyl groups is 2. The Bertz CT molecular complexity index is 1000. The highest BCUT2D eigenvalue weighted by Gasteiger charge is 2.54. The number of imide groups is 1. The van der Waals surface area contributed by atoms with Crippen LogP contribution in [0.3, 0.4) is 0 Å². The molecule has 0 radical (unpaired) electrons. The van der Waals surface area contributed by atoms with Crippen molar-refractivity contribution in [1.29, 1.82) is 0 Å². The summed E-state index contributed by atoms with van der Waals surface area (Å²) >= 11 is 6.25. The lowest BCUT2D eigenvalue weighted by molar-refractivity contribution is -0.140. The van der Waals surface area contributed by atoms with E-state index in [1.165, 1.54) is 11.0 Å². The summed E-state index contributed by atoms with van der Waals surface area (Å²) in [6.07, 6.45) is 3.83. The lowest BCUT2D eigenvalue weighted by atomic mass is 9.68. The topological polar surface area (TPSA) is 107 Å². The average molecular weight is 506 g/mol. The van der Waals surface area contributed by atoms with Crippen LogP contribution in [0.25, 0.3) is 6.08 Å². The fraction of sp³-hybridized carbons (Fsp3) is 0.556. The van der Waals surface area contributed by atoms with E-state index >= 15 is 0 Å². The van der Waals surface area contributed by atoms with Crippen LogP contribution < -0.4 is 0 Å². The number of phenolic OH excluding ortho intramolecular Hbond substituents is 1. The Morgan fingerprint density at radius 2 is 2.03 bits per heavy atom. The van der Waals surface area contributed by atoms with Crippen LogP contribution in [0.4, 0.5) is 0 Å². The zero-order valence-corrected chi connectivity index (χ0v) is 21.4. The Labute approximate surface area is 212 Å². The van der Waals surface area contributed by atoms with Crippen molar-refractivity contribution in [1.82, 2.24) is 4.90 Å². The zero-order valence-electron chi connectivity index (χ0n) is 20.7. The molecule has 3 N–H and O–H groups in total. The van der Waals surface area contributed by atoms with Crippen LogP contribution in [0.2, 0.25) is 5.02 Å². The molecule has 1 aromatic carbocycles. The number of ether oxygens (including phenoxy) is 1. The number of benzene rings is 1. The molecule has 0 bridgehead atoms. The number of methoxy groups -OCH3 is 1. The molecule has 4 atom stereocenters. The van der Waals surface area contributed by atoms with Gasteiger partial charge in [0.1, 0.15) is 5.75 Å². The van der Waals surface area contributed by atoms with Crippen LogP contribution in [-0.4, -0.2) is 65.0 Å². The van der Waals surface area contributed by atoms with Crippen LogP contribution in [0, 0.1) is 17.8 Å². The van der Waals surface area contributed by atoms with Gasteiger partial charge in [-0.25, -0.2) is 0 Å². The number of halogens is 1. The molecule has 1 aliphatic heterocycles. The predicted octanol–water partition coefficient (Wildman–Crippen LogP) is 3.95. The monoisotopic (exact) mass is 505 g/mol. The second kappa shape index (κ2) is 12.2. The highest BCUT2D eigenvalue weighted by Crippen LogP contribution is 2.46. The summed E-state index contributed by atoms with van der Waals surface area (Å²) in [4.78, 5) is 27.4. The molecule has 8 heteroatoms. The van der Waals surface area contributed by atoms with Crippen LogP contribution in [-0.2, 0) is 14.3 Å². The molecule has 192 valence electrons. The van der Waals surface area contributed by atoms with E-state index in [1.807, 2.05) is 19.9 Å². The van der Waals surface area contributed by atoms with Crippen molar-refractivity contribution in [3.05, 3.63) is 45.5 Å². The molecular weight excluding hydrogens is 470 g/mol. The molecule has 3 rings (SSSR count). The number of rotatable bonds is 11. The molecular formula is C27H36ClNO6. The first-order valence-electron chi connectivity index (χ1n) is 12.3. The predicted molar refractivity (Wildman–Crippen MR) is 135 cm³/mol. The second-order valence-electron chi connectivity index (χ2n) is 9.36. The van der Waals surface area contributed by atoms with Crippen molar-refractivity contribution in [3.63, 3.8) is 0 Å². The normalized spacial score (nSPS) is 23.8. The highest BCUT2D eigenvalue weighted by molar-refractivity contribution is 6.32. The number of phenols is 1. The van der Waals surface area contributed by atoms with Crippen molar-refractivity contribution < 1.29 is 29.6 Å². The van der Waals surface area contributed by atoms with Gasteiger partial charge in [-0.2, -0.15) is 0 Å². The van der Waals surface area contributed by atoms with Gasteiger partial charge in [0, 0.05) is 19.6 Å². The first-order valence-corrected chi connectivity index (χ1v) is 12.7. The Balaban J connectivity index is 1.85. The number of aliphatic hydroxyl groups excluding tert-OH is 2. The van der Waals surface area contributed by atoms with E-state index in [2.05, 4.69) is 0 Å². The Morgan fingerprint density at radius 1 is 1.29 bits per heavy atom. The van der Waals surface area contributed by atoms with Gasteiger partial charge < -0.3 is 20.1 Å². The molecule has 0 unspecified atom stereocenters. The molecule has 0 spiro atoms. The molecule has 1 aliphatic carbocycles. The van der Waals surface area contributed by atoms with Crippen LogP contribution in [0.15, 0.2) is 34.9 Å². The molecule has 1 aromatic rings. The minimum atomic E-state index is -0.883. The first kappa shape index (κ1) is 27.4. The number of fused-ring (bicyclic) bond motifs is 1. The smallest absolute Gasteiger partial charge is 0.233 e. The maximum absolute atomic E-state index is 13.1. The SMILES string of the molecule is CCCN1C(=O)[C@@H]2[C@@H](CC(COC)=C([C@H](O)CC/C(=C/c3ccc(O)cc3Cl)CC)[C@@H]2CO)C1=O. The van der Waals surface area contributed by atoms with E-state index in [1.54, 1.807) is 19.2 Å².